The molecule has 16 nitrogen and oxygen atoms in total. The number of urea groups is 1. The number of hydrogen-bond donors (Lipinski definition) is 4. The first-order valence-corrected chi connectivity index (χ1v) is 21.7. The van der Waals surface area contributed by atoms with Crippen LogP contribution >= 0.6 is 0 Å². The van der Waals surface area contributed by atoms with Crippen LogP contribution in [0.4, 0.5) is 46.5 Å². The molecule has 4 aromatic rings. The maximum absolute atomic E-state index is 14.2. The third-order valence-corrected chi connectivity index (χ3v) is 12.1. The summed E-state index contributed by atoms with van der Waals surface area (Å²) in [6.45, 7) is 11.4. The predicted molar refractivity (Wildman–Crippen MR) is 236 cm³/mol. The number of fused-ring (bicyclic) bond motifs is 1. The third-order valence-electron chi connectivity index (χ3n) is 12.1. The van der Waals surface area contributed by atoms with Gasteiger partial charge in [-0.15, -0.1) is 0 Å². The molecule has 19 heteroatoms. The normalized spacial score (nSPS) is 17.7. The first-order chi connectivity index (χ1) is 31.1. The molecule has 0 atom stereocenters. The molecule has 3 fully saturated rings. The molecule has 0 unspecified atom stereocenters. The van der Waals surface area contributed by atoms with Crippen molar-refractivity contribution in [1.82, 2.24) is 35.4 Å². The van der Waals surface area contributed by atoms with Crippen LogP contribution in [-0.2, 0) is 17.5 Å². The van der Waals surface area contributed by atoms with Gasteiger partial charge in [0.25, 0.3) is 17.7 Å². The van der Waals surface area contributed by atoms with Gasteiger partial charge in [-0.1, -0.05) is 18.2 Å². The number of alkyl halides is 3. The van der Waals surface area contributed by atoms with Crippen molar-refractivity contribution in [3.8, 4) is 5.75 Å². The van der Waals surface area contributed by atoms with Crippen LogP contribution in [0, 0.1) is 6.92 Å². The van der Waals surface area contributed by atoms with Crippen molar-refractivity contribution < 1.29 is 41.9 Å². The van der Waals surface area contributed by atoms with Crippen LogP contribution < -0.4 is 30.9 Å². The third kappa shape index (κ3) is 9.56. The number of nitrogens with zero attached hydrogens (tertiary/aromatic N) is 6. The molecule has 3 saturated heterocycles. The largest absolute Gasteiger partial charge is 0.489 e. The summed E-state index contributed by atoms with van der Waals surface area (Å²) in [5.74, 6) is -1.39. The van der Waals surface area contributed by atoms with Crippen molar-refractivity contribution in [2.75, 3.05) is 68.4 Å². The SMILES string of the molecule is CNC(=O)c1ccccc1Nc1cc(Nc2cc(C)c(N3CCN(C4CCN(Cc5ccc6c(c5)C(=O)N(N5CCC(=O)NC5=O)C6=O)CC4)CC3)cc2OC(C)C)ncc1C(F)(F)F. The van der Waals surface area contributed by atoms with Crippen molar-refractivity contribution in [2.45, 2.75) is 64.9 Å². The number of benzene rings is 3. The molecule has 0 radical (unpaired) electrons. The van der Waals surface area contributed by atoms with Gasteiger partial charge in [-0.3, -0.25) is 34.3 Å². The number of piperidine rings is 1. The van der Waals surface area contributed by atoms with Crippen LogP contribution in [0.15, 0.2) is 66.9 Å². The van der Waals surface area contributed by atoms with E-state index in [4.69, 9.17) is 4.74 Å². The van der Waals surface area contributed by atoms with E-state index in [2.05, 4.69) is 41.0 Å². The van der Waals surface area contributed by atoms with Gasteiger partial charge < -0.3 is 25.6 Å². The van der Waals surface area contributed by atoms with Crippen molar-refractivity contribution in [3.05, 3.63) is 100 Å². The summed E-state index contributed by atoms with van der Waals surface area (Å²) in [4.78, 5) is 74.3. The van der Waals surface area contributed by atoms with E-state index in [1.54, 1.807) is 24.3 Å². The molecular formula is C46H51F3N10O6. The Morgan fingerprint density at radius 2 is 1.58 bits per heavy atom. The lowest BCUT2D eigenvalue weighted by Crippen LogP contribution is -2.58. The molecule has 4 N–H and O–H groups in total. The van der Waals surface area contributed by atoms with E-state index in [9.17, 15) is 37.1 Å². The Bertz CT molecular complexity index is 2520. The first kappa shape index (κ1) is 44.9. The van der Waals surface area contributed by atoms with E-state index in [-0.39, 0.29) is 53.0 Å². The zero-order valence-electron chi connectivity index (χ0n) is 36.6. The van der Waals surface area contributed by atoms with Crippen LogP contribution in [0.5, 0.6) is 5.75 Å². The van der Waals surface area contributed by atoms with Crippen molar-refractivity contribution >= 4 is 58.2 Å². The van der Waals surface area contributed by atoms with Gasteiger partial charge in [-0.2, -0.15) is 18.2 Å². The average Bonchev–Trinajstić information content (AvgIpc) is 3.52. The molecule has 8 rings (SSSR count). The zero-order valence-corrected chi connectivity index (χ0v) is 36.6. The molecule has 0 saturated carbocycles. The molecule has 65 heavy (non-hydrogen) atoms. The molecule has 6 amide bonds. The number of aryl methyl sites for hydroxylation is 1. The van der Waals surface area contributed by atoms with E-state index in [1.165, 1.54) is 25.2 Å². The maximum atomic E-state index is 14.2. The van der Waals surface area contributed by atoms with Gasteiger partial charge in [-0.25, -0.2) is 14.8 Å². The molecule has 4 aliphatic rings. The molecule has 4 aliphatic heterocycles. The first-order valence-electron chi connectivity index (χ1n) is 21.7. The number of hydrogen-bond acceptors (Lipinski definition) is 12. The number of aromatic nitrogens is 1. The lowest BCUT2D eigenvalue weighted by atomic mass is 10.0. The number of imide groups is 2. The Hall–Kier alpha value is -6.73. The minimum Gasteiger partial charge on any atom is -0.489 e. The quantitative estimate of drug-likeness (QED) is 0.118. The van der Waals surface area contributed by atoms with Crippen LogP contribution in [0.3, 0.4) is 0 Å². The van der Waals surface area contributed by atoms with E-state index < -0.39 is 41.4 Å². The number of likely N-dealkylation sites (tertiary alicyclic amines) is 1. The van der Waals surface area contributed by atoms with Gasteiger partial charge in [0, 0.05) is 76.3 Å². The second-order valence-corrected chi connectivity index (χ2v) is 16.8. The van der Waals surface area contributed by atoms with E-state index in [0.717, 1.165) is 85.1 Å². The smallest absolute Gasteiger partial charge is 0.419 e. The number of halogens is 3. The number of pyridine rings is 1. The summed E-state index contributed by atoms with van der Waals surface area (Å²) in [6.07, 6.45) is -2.21. The van der Waals surface area contributed by atoms with Gasteiger partial charge in [-0.05, 0) is 88.2 Å². The fourth-order valence-corrected chi connectivity index (χ4v) is 8.90. The number of amides is 6. The topological polar surface area (TPSA) is 172 Å². The van der Waals surface area contributed by atoms with Gasteiger partial charge in [0.2, 0.25) is 5.91 Å². The lowest BCUT2D eigenvalue weighted by molar-refractivity contribution is -0.137. The Labute approximate surface area is 374 Å². The number of para-hydroxylation sites is 1. The molecule has 0 spiro atoms. The second-order valence-electron chi connectivity index (χ2n) is 16.8. The molecule has 3 aromatic carbocycles. The molecule has 342 valence electrons. The fourth-order valence-electron chi connectivity index (χ4n) is 8.90. The van der Waals surface area contributed by atoms with E-state index >= 15 is 0 Å². The summed E-state index contributed by atoms with van der Waals surface area (Å²) >= 11 is 0. The lowest BCUT2D eigenvalue weighted by Gasteiger charge is -2.43. The van der Waals surface area contributed by atoms with Gasteiger partial charge in [0.15, 0.2) is 0 Å². The molecule has 1 aromatic heterocycles. The van der Waals surface area contributed by atoms with E-state index in [0.29, 0.717) is 24.0 Å². The number of nitrogens with one attached hydrogen (secondary N) is 4. The fraction of sp³-hybridized carbons (Fsp3) is 0.391. The van der Waals surface area contributed by atoms with Crippen LogP contribution in [0.1, 0.15) is 80.9 Å². The van der Waals surface area contributed by atoms with Gasteiger partial charge in [0.05, 0.1) is 52.0 Å². The second kappa shape index (κ2) is 18.4. The molecule has 5 heterocycles. The number of hydrazine groups is 1. The van der Waals surface area contributed by atoms with E-state index in [1.807, 2.05) is 39.0 Å². The predicted octanol–water partition coefficient (Wildman–Crippen LogP) is 6.28. The van der Waals surface area contributed by atoms with Crippen molar-refractivity contribution in [2.24, 2.45) is 0 Å². The number of carbonyl (C=O) groups is 5. The number of rotatable bonds is 12. The standard InChI is InChI=1S/C46H51F3N10O6/c1-27(2)65-39-24-38(28(3)21-37(39)53-40-23-36(34(25-51-40)46(47,48)49)52-35-8-6-5-7-32(35)42(61)50-4)57-19-17-56(18-20-57)30-11-14-55(15-12-30)26-29-9-10-31-33(22-29)44(63)59(43(31)62)58-16-13-41(60)54-45(58)64/h5-10,21-25,27,30H,11-20,26H2,1-4H3,(H,50,61)(H2,51,52,53)(H,54,60,64). The number of anilines is 5. The zero-order chi connectivity index (χ0) is 46.2. The minimum absolute atomic E-state index is 0.00406. The average molecular weight is 897 g/mol. The maximum Gasteiger partial charge on any atom is 0.419 e. The van der Waals surface area contributed by atoms with Gasteiger partial charge in [0.1, 0.15) is 11.6 Å². The Morgan fingerprint density at radius 1 is 0.862 bits per heavy atom. The molecular weight excluding hydrogens is 846 g/mol. The molecule has 0 aliphatic carbocycles. The highest BCUT2D eigenvalue weighted by Crippen LogP contribution is 2.40. The Morgan fingerprint density at radius 3 is 2.28 bits per heavy atom. The highest BCUT2D eigenvalue weighted by Gasteiger charge is 2.43. The highest BCUT2D eigenvalue weighted by atomic mass is 19.4. The van der Waals surface area contributed by atoms with Crippen LogP contribution in [-0.4, -0.2) is 119 Å². The van der Waals surface area contributed by atoms with Crippen LogP contribution in [0.25, 0.3) is 0 Å². The summed E-state index contributed by atoms with van der Waals surface area (Å²) < 4.78 is 48.9. The Kier molecular flexibility index (Phi) is 12.7. The van der Waals surface area contributed by atoms with Crippen LogP contribution in [0.2, 0.25) is 0 Å². The minimum atomic E-state index is -4.72. The summed E-state index contributed by atoms with van der Waals surface area (Å²) in [5.41, 5.74) is 3.00. The van der Waals surface area contributed by atoms with Crippen molar-refractivity contribution in [1.29, 1.82) is 0 Å². The van der Waals surface area contributed by atoms with Crippen molar-refractivity contribution in [3.63, 3.8) is 0 Å². The summed E-state index contributed by atoms with van der Waals surface area (Å²) in [5, 5.41) is 12.5. The molecule has 0 bridgehead atoms. The number of ether oxygens (including phenoxy) is 1. The van der Waals surface area contributed by atoms with Gasteiger partial charge >= 0.3 is 12.2 Å². The summed E-state index contributed by atoms with van der Waals surface area (Å²) in [7, 11) is 1.45. The number of carbonyl (C=O) groups excluding carboxylic acids is 5. The highest BCUT2D eigenvalue weighted by molar-refractivity contribution is 6.22. The summed E-state index contributed by atoms with van der Waals surface area (Å²) in [6, 6.07) is 16.3. The monoisotopic (exact) mass is 896 g/mol. The number of piperazine rings is 1. The Balaban J connectivity index is 0.891.